The van der Waals surface area contributed by atoms with Gasteiger partial charge < -0.3 is 9.73 Å². The van der Waals surface area contributed by atoms with Crippen molar-refractivity contribution in [2.24, 2.45) is 23.2 Å². The summed E-state index contributed by atoms with van der Waals surface area (Å²) < 4.78 is 5.99. The van der Waals surface area contributed by atoms with E-state index in [0.29, 0.717) is 12.5 Å². The summed E-state index contributed by atoms with van der Waals surface area (Å²) >= 11 is 0. The maximum absolute atomic E-state index is 13.4. The average molecular weight is 371 g/mol. The lowest BCUT2D eigenvalue weighted by Crippen LogP contribution is -2.54. The summed E-state index contributed by atoms with van der Waals surface area (Å²) in [7, 11) is 0. The Morgan fingerprint density at radius 1 is 1.11 bits per heavy atom. The minimum absolute atomic E-state index is 0.0553. The Bertz CT molecular complexity index is 653. The number of hydrogen-bond acceptors (Lipinski definition) is 3. The van der Waals surface area contributed by atoms with Gasteiger partial charge in [0.2, 0.25) is 5.91 Å². The predicted molar refractivity (Wildman–Crippen MR) is 105 cm³/mol. The van der Waals surface area contributed by atoms with Gasteiger partial charge >= 0.3 is 0 Å². The lowest BCUT2D eigenvalue weighted by Gasteiger charge is -2.55. The van der Waals surface area contributed by atoms with Gasteiger partial charge in [-0.15, -0.1) is 0 Å². The molecule has 0 unspecified atom stereocenters. The van der Waals surface area contributed by atoms with E-state index in [1.807, 2.05) is 13.0 Å². The highest BCUT2D eigenvalue weighted by atomic mass is 16.3. The second-order valence-corrected chi connectivity index (χ2v) is 9.97. The Hall–Kier alpha value is -1.29. The molecule has 1 saturated heterocycles. The highest BCUT2D eigenvalue weighted by Crippen LogP contribution is 2.60. The molecule has 4 heteroatoms. The van der Waals surface area contributed by atoms with Gasteiger partial charge in [-0.1, -0.05) is 6.42 Å². The van der Waals surface area contributed by atoms with Crippen molar-refractivity contribution in [3.8, 4) is 0 Å². The summed E-state index contributed by atoms with van der Waals surface area (Å²) in [4.78, 5) is 15.9. The molecule has 2 heterocycles. The smallest absolute Gasteiger partial charge is 0.226 e. The van der Waals surface area contributed by atoms with Gasteiger partial charge in [0, 0.05) is 12.0 Å². The standard InChI is InChI=1S/C23H34N2O2/c1-16-5-6-21(27-16)20(25-7-3-2-4-8-25)15-24-22(26)23-12-17-9-18(13-23)11-19(10-17)14-23/h5-6,17-20H,2-4,7-15H2,1H3,(H,24,26)/t17?,18?,19?,20-,23?/m0/s1. The molecule has 1 aromatic rings. The van der Waals surface area contributed by atoms with E-state index in [9.17, 15) is 4.79 Å². The number of piperidine rings is 1. The van der Waals surface area contributed by atoms with Crippen LogP contribution in [0, 0.1) is 30.1 Å². The molecule has 1 N–H and O–H groups in total. The third-order valence-corrected chi connectivity index (χ3v) is 7.90. The van der Waals surface area contributed by atoms with E-state index < -0.39 is 0 Å². The van der Waals surface area contributed by atoms with Crippen LogP contribution in [0.4, 0.5) is 0 Å². The van der Waals surface area contributed by atoms with Gasteiger partial charge in [0.25, 0.3) is 0 Å². The van der Waals surface area contributed by atoms with E-state index in [4.69, 9.17) is 4.42 Å². The van der Waals surface area contributed by atoms with Crippen molar-refractivity contribution < 1.29 is 9.21 Å². The topological polar surface area (TPSA) is 45.5 Å². The van der Waals surface area contributed by atoms with Gasteiger partial charge in [-0.05, 0) is 101 Å². The SMILES string of the molecule is Cc1ccc([C@H](CNC(=O)C23CC4CC(CC(C4)C2)C3)N2CCCCC2)o1. The van der Waals surface area contributed by atoms with Gasteiger partial charge in [-0.2, -0.15) is 0 Å². The zero-order valence-electron chi connectivity index (χ0n) is 16.7. The summed E-state index contributed by atoms with van der Waals surface area (Å²) in [6.07, 6.45) is 11.4. The van der Waals surface area contributed by atoms with Crippen LogP contribution in [-0.4, -0.2) is 30.4 Å². The first-order valence-corrected chi connectivity index (χ1v) is 11.2. The number of carbonyl (C=O) groups excluding carboxylic acids is 1. The van der Waals surface area contributed by atoms with Crippen LogP contribution >= 0.6 is 0 Å². The Morgan fingerprint density at radius 2 is 1.74 bits per heavy atom. The number of nitrogens with zero attached hydrogens (tertiary/aromatic N) is 1. The van der Waals surface area contributed by atoms with Crippen molar-refractivity contribution in [3.63, 3.8) is 0 Å². The van der Waals surface area contributed by atoms with Crippen LogP contribution in [0.15, 0.2) is 16.5 Å². The Morgan fingerprint density at radius 3 is 2.30 bits per heavy atom. The van der Waals surface area contributed by atoms with Crippen LogP contribution in [0.2, 0.25) is 0 Å². The number of likely N-dealkylation sites (tertiary alicyclic amines) is 1. The first-order chi connectivity index (χ1) is 13.1. The van der Waals surface area contributed by atoms with Crippen molar-refractivity contribution in [2.75, 3.05) is 19.6 Å². The Labute approximate surface area is 163 Å². The van der Waals surface area contributed by atoms with Gasteiger partial charge in [0.1, 0.15) is 11.5 Å². The van der Waals surface area contributed by atoms with E-state index in [2.05, 4.69) is 16.3 Å². The number of rotatable bonds is 5. The fourth-order valence-electron chi connectivity index (χ4n) is 7.04. The quantitative estimate of drug-likeness (QED) is 0.833. The van der Waals surface area contributed by atoms with Crippen LogP contribution < -0.4 is 5.32 Å². The fourth-order valence-corrected chi connectivity index (χ4v) is 7.04. The van der Waals surface area contributed by atoms with Crippen molar-refractivity contribution in [2.45, 2.75) is 70.8 Å². The lowest BCUT2D eigenvalue weighted by molar-refractivity contribution is -0.146. The van der Waals surface area contributed by atoms with Crippen molar-refractivity contribution in [1.29, 1.82) is 0 Å². The summed E-state index contributed by atoms with van der Waals surface area (Å²) in [5.41, 5.74) is -0.0553. The van der Waals surface area contributed by atoms with Gasteiger partial charge in [0.05, 0.1) is 6.04 Å². The number of carbonyl (C=O) groups is 1. The largest absolute Gasteiger partial charge is 0.465 e. The zero-order chi connectivity index (χ0) is 18.4. The monoisotopic (exact) mass is 370 g/mol. The number of aryl methyl sites for hydroxylation is 1. The molecule has 27 heavy (non-hydrogen) atoms. The average Bonchev–Trinajstić information content (AvgIpc) is 3.07. The molecule has 1 aromatic heterocycles. The molecule has 4 saturated carbocycles. The molecular weight excluding hydrogens is 336 g/mol. The first kappa shape index (κ1) is 17.8. The van der Waals surface area contributed by atoms with E-state index >= 15 is 0 Å². The van der Waals surface area contributed by atoms with E-state index in [1.54, 1.807) is 0 Å². The van der Waals surface area contributed by atoms with Gasteiger partial charge in [-0.25, -0.2) is 0 Å². The Kier molecular flexibility index (Phi) is 4.58. The van der Waals surface area contributed by atoms with Crippen LogP contribution in [-0.2, 0) is 4.79 Å². The predicted octanol–water partition coefficient (Wildman–Crippen LogP) is 4.45. The van der Waals surface area contributed by atoms with Crippen LogP contribution in [0.3, 0.4) is 0 Å². The van der Waals surface area contributed by atoms with Crippen LogP contribution in [0.1, 0.15) is 75.3 Å². The summed E-state index contributed by atoms with van der Waals surface area (Å²) in [6.45, 7) is 4.91. The van der Waals surface area contributed by atoms with Crippen LogP contribution in [0.25, 0.3) is 0 Å². The molecule has 4 bridgehead atoms. The summed E-state index contributed by atoms with van der Waals surface area (Å²) in [5, 5.41) is 3.40. The molecule has 0 spiro atoms. The molecule has 0 radical (unpaired) electrons. The second kappa shape index (κ2) is 6.95. The van der Waals surface area contributed by atoms with E-state index in [0.717, 1.165) is 61.6 Å². The molecule has 0 aromatic carbocycles. The number of hydrogen-bond donors (Lipinski definition) is 1. The maximum Gasteiger partial charge on any atom is 0.226 e. The maximum atomic E-state index is 13.4. The molecule has 5 fully saturated rings. The van der Waals surface area contributed by atoms with E-state index in [-0.39, 0.29) is 11.5 Å². The summed E-state index contributed by atoms with van der Waals surface area (Å²) in [6, 6.07) is 4.33. The van der Waals surface area contributed by atoms with Gasteiger partial charge in [-0.3, -0.25) is 9.69 Å². The third-order valence-electron chi connectivity index (χ3n) is 7.90. The number of amides is 1. The molecule has 6 rings (SSSR count). The molecule has 1 amide bonds. The number of furan rings is 1. The molecule has 4 nitrogen and oxygen atoms in total. The van der Waals surface area contributed by atoms with Crippen molar-refractivity contribution in [3.05, 3.63) is 23.7 Å². The molecule has 1 atom stereocenters. The minimum Gasteiger partial charge on any atom is -0.465 e. The highest BCUT2D eigenvalue weighted by molar-refractivity contribution is 5.83. The molecule has 1 aliphatic heterocycles. The lowest BCUT2D eigenvalue weighted by atomic mass is 9.49. The molecule has 148 valence electrons. The number of nitrogens with one attached hydrogen (secondary N) is 1. The molecule has 5 aliphatic rings. The fraction of sp³-hybridized carbons (Fsp3) is 0.783. The van der Waals surface area contributed by atoms with Gasteiger partial charge in [0.15, 0.2) is 0 Å². The second-order valence-electron chi connectivity index (χ2n) is 9.97. The zero-order valence-corrected chi connectivity index (χ0v) is 16.7. The van der Waals surface area contributed by atoms with Crippen molar-refractivity contribution >= 4 is 5.91 Å². The summed E-state index contributed by atoms with van der Waals surface area (Å²) in [5.74, 6) is 4.75. The molecular formula is C23H34N2O2. The first-order valence-electron chi connectivity index (χ1n) is 11.2. The highest BCUT2D eigenvalue weighted by Gasteiger charge is 2.54. The molecule has 4 aliphatic carbocycles. The van der Waals surface area contributed by atoms with E-state index in [1.165, 1.54) is 38.5 Å². The third kappa shape index (κ3) is 3.35. The van der Waals surface area contributed by atoms with Crippen LogP contribution in [0.5, 0.6) is 0 Å². The minimum atomic E-state index is -0.0553. The normalized spacial score (nSPS) is 36.7. The van der Waals surface area contributed by atoms with Crippen molar-refractivity contribution in [1.82, 2.24) is 10.2 Å². The Balaban J connectivity index is 1.29.